The fourth-order valence-corrected chi connectivity index (χ4v) is 2.98. The average molecular weight is 282 g/mol. The molecular formula is C13H16BrNO. The molecule has 0 radical (unpaired) electrons. The normalized spacial score (nSPS) is 24.1. The fraction of sp³-hybridized carbons (Fsp3) is 0.462. The van der Waals surface area contributed by atoms with Gasteiger partial charge in [0.05, 0.1) is 0 Å². The van der Waals surface area contributed by atoms with Gasteiger partial charge in [-0.25, -0.2) is 0 Å². The van der Waals surface area contributed by atoms with Crippen molar-refractivity contribution in [2.45, 2.75) is 39.2 Å². The minimum Gasteiger partial charge on any atom is -0.310 e. The number of benzene rings is 1. The Bertz CT molecular complexity index is 430. The van der Waals surface area contributed by atoms with E-state index in [1.165, 1.54) is 5.56 Å². The summed E-state index contributed by atoms with van der Waals surface area (Å²) in [6, 6.07) is 6.45. The van der Waals surface area contributed by atoms with Crippen molar-refractivity contribution >= 4 is 27.5 Å². The van der Waals surface area contributed by atoms with E-state index in [-0.39, 0.29) is 5.91 Å². The summed E-state index contributed by atoms with van der Waals surface area (Å²) in [5.41, 5.74) is 2.34. The SMILES string of the molecule is CC(=O)N1c2ccc(Br)cc2C(C)CC1C. The Morgan fingerprint density at radius 3 is 2.75 bits per heavy atom. The third kappa shape index (κ3) is 1.88. The Balaban J connectivity index is 2.54. The summed E-state index contributed by atoms with van der Waals surface area (Å²) in [5, 5.41) is 0. The van der Waals surface area contributed by atoms with Crippen molar-refractivity contribution in [2.75, 3.05) is 4.90 Å². The van der Waals surface area contributed by atoms with Crippen LogP contribution in [0.2, 0.25) is 0 Å². The Hall–Kier alpha value is -0.830. The van der Waals surface area contributed by atoms with Gasteiger partial charge in [-0.15, -0.1) is 0 Å². The van der Waals surface area contributed by atoms with E-state index in [2.05, 4.69) is 35.8 Å². The Morgan fingerprint density at radius 1 is 1.44 bits per heavy atom. The van der Waals surface area contributed by atoms with Gasteiger partial charge in [0.15, 0.2) is 0 Å². The van der Waals surface area contributed by atoms with Gasteiger partial charge in [-0.05, 0) is 43.0 Å². The lowest BCUT2D eigenvalue weighted by molar-refractivity contribution is -0.117. The van der Waals surface area contributed by atoms with Crippen LogP contribution in [0.15, 0.2) is 22.7 Å². The molecular weight excluding hydrogens is 266 g/mol. The van der Waals surface area contributed by atoms with Gasteiger partial charge >= 0.3 is 0 Å². The zero-order valence-electron chi connectivity index (χ0n) is 9.83. The van der Waals surface area contributed by atoms with Crippen LogP contribution in [0, 0.1) is 0 Å². The summed E-state index contributed by atoms with van der Waals surface area (Å²) in [5.74, 6) is 0.640. The number of carbonyl (C=O) groups excluding carboxylic acids is 1. The van der Waals surface area contributed by atoms with E-state index in [4.69, 9.17) is 0 Å². The molecule has 2 atom stereocenters. The quantitative estimate of drug-likeness (QED) is 0.710. The predicted molar refractivity (Wildman–Crippen MR) is 69.8 cm³/mol. The van der Waals surface area contributed by atoms with Gasteiger partial charge in [0.2, 0.25) is 5.91 Å². The summed E-state index contributed by atoms with van der Waals surface area (Å²) < 4.78 is 1.08. The lowest BCUT2D eigenvalue weighted by Crippen LogP contribution is -2.41. The molecule has 0 aromatic heterocycles. The first kappa shape index (κ1) is 11.6. The molecule has 0 aliphatic carbocycles. The van der Waals surface area contributed by atoms with Gasteiger partial charge in [-0.2, -0.15) is 0 Å². The van der Waals surface area contributed by atoms with Crippen LogP contribution in [0.1, 0.15) is 38.7 Å². The summed E-state index contributed by atoms with van der Waals surface area (Å²) in [4.78, 5) is 13.6. The van der Waals surface area contributed by atoms with Gasteiger partial charge in [0, 0.05) is 23.1 Å². The number of hydrogen-bond donors (Lipinski definition) is 0. The molecule has 0 bridgehead atoms. The van der Waals surface area contributed by atoms with E-state index >= 15 is 0 Å². The van der Waals surface area contributed by atoms with Crippen molar-refractivity contribution in [3.05, 3.63) is 28.2 Å². The number of amides is 1. The zero-order valence-corrected chi connectivity index (χ0v) is 11.4. The van der Waals surface area contributed by atoms with Gasteiger partial charge in [-0.3, -0.25) is 4.79 Å². The minimum absolute atomic E-state index is 0.128. The molecule has 0 saturated heterocycles. The van der Waals surface area contributed by atoms with Crippen molar-refractivity contribution in [2.24, 2.45) is 0 Å². The lowest BCUT2D eigenvalue weighted by atomic mass is 9.87. The molecule has 2 rings (SSSR count). The summed E-state index contributed by atoms with van der Waals surface area (Å²) in [6.45, 7) is 5.97. The number of hydrogen-bond acceptors (Lipinski definition) is 1. The van der Waals surface area contributed by atoms with E-state index in [0.717, 1.165) is 16.6 Å². The third-order valence-electron chi connectivity index (χ3n) is 3.25. The maximum absolute atomic E-state index is 11.7. The van der Waals surface area contributed by atoms with Crippen LogP contribution in [-0.4, -0.2) is 11.9 Å². The Morgan fingerprint density at radius 2 is 2.12 bits per heavy atom. The first-order valence-corrected chi connectivity index (χ1v) is 6.39. The van der Waals surface area contributed by atoms with Crippen molar-refractivity contribution in [1.82, 2.24) is 0 Å². The second kappa shape index (κ2) is 4.21. The largest absolute Gasteiger partial charge is 0.310 e. The maximum Gasteiger partial charge on any atom is 0.224 e. The molecule has 0 saturated carbocycles. The number of carbonyl (C=O) groups is 1. The Kier molecular flexibility index (Phi) is 3.06. The van der Waals surface area contributed by atoms with Gasteiger partial charge in [-0.1, -0.05) is 22.9 Å². The van der Waals surface area contributed by atoms with Crippen LogP contribution in [0.25, 0.3) is 0 Å². The van der Waals surface area contributed by atoms with Crippen LogP contribution in [0.3, 0.4) is 0 Å². The molecule has 3 heteroatoms. The molecule has 16 heavy (non-hydrogen) atoms. The summed E-state index contributed by atoms with van der Waals surface area (Å²) in [6.07, 6.45) is 1.03. The molecule has 0 spiro atoms. The van der Waals surface area contributed by atoms with Crippen LogP contribution >= 0.6 is 15.9 Å². The minimum atomic E-state index is 0.128. The van der Waals surface area contributed by atoms with Crippen LogP contribution in [0.4, 0.5) is 5.69 Å². The predicted octanol–water partition coefficient (Wildman–Crippen LogP) is 3.70. The molecule has 2 unspecified atom stereocenters. The highest BCUT2D eigenvalue weighted by Gasteiger charge is 2.29. The highest BCUT2D eigenvalue weighted by atomic mass is 79.9. The lowest BCUT2D eigenvalue weighted by Gasteiger charge is -2.37. The van der Waals surface area contributed by atoms with Crippen molar-refractivity contribution < 1.29 is 4.79 Å². The number of rotatable bonds is 0. The molecule has 0 N–H and O–H groups in total. The van der Waals surface area contributed by atoms with E-state index in [9.17, 15) is 4.79 Å². The highest BCUT2D eigenvalue weighted by molar-refractivity contribution is 9.10. The second-order valence-electron chi connectivity index (χ2n) is 4.58. The van der Waals surface area contributed by atoms with Crippen molar-refractivity contribution in [1.29, 1.82) is 0 Å². The molecule has 1 aromatic carbocycles. The monoisotopic (exact) mass is 281 g/mol. The third-order valence-corrected chi connectivity index (χ3v) is 3.75. The van der Waals surface area contributed by atoms with Crippen molar-refractivity contribution in [3.8, 4) is 0 Å². The Labute approximate surface area is 105 Å². The van der Waals surface area contributed by atoms with Crippen LogP contribution in [0.5, 0.6) is 0 Å². The van der Waals surface area contributed by atoms with Crippen LogP contribution in [-0.2, 0) is 4.79 Å². The molecule has 1 heterocycles. The van der Waals surface area contributed by atoms with Crippen LogP contribution < -0.4 is 4.90 Å². The number of halogens is 1. The molecule has 2 nitrogen and oxygen atoms in total. The smallest absolute Gasteiger partial charge is 0.224 e. The van der Waals surface area contributed by atoms with E-state index in [0.29, 0.717) is 12.0 Å². The highest BCUT2D eigenvalue weighted by Crippen LogP contribution is 2.39. The molecule has 1 aliphatic rings. The van der Waals surface area contributed by atoms with E-state index < -0.39 is 0 Å². The molecule has 1 aromatic rings. The van der Waals surface area contributed by atoms with Gasteiger partial charge < -0.3 is 4.90 Å². The standard InChI is InChI=1S/C13H16BrNO/c1-8-6-9(2)15(10(3)16)13-5-4-11(14)7-12(8)13/h4-5,7-9H,6H2,1-3H3. The number of nitrogens with zero attached hydrogens (tertiary/aromatic N) is 1. The molecule has 86 valence electrons. The van der Waals surface area contributed by atoms with Gasteiger partial charge in [0.25, 0.3) is 0 Å². The average Bonchev–Trinajstić information content (AvgIpc) is 2.18. The summed E-state index contributed by atoms with van der Waals surface area (Å²) >= 11 is 3.49. The van der Waals surface area contributed by atoms with E-state index in [1.807, 2.05) is 17.0 Å². The molecule has 0 fully saturated rings. The zero-order chi connectivity index (χ0) is 11.9. The first-order chi connectivity index (χ1) is 7.50. The maximum atomic E-state index is 11.7. The summed E-state index contributed by atoms with van der Waals surface area (Å²) in [7, 11) is 0. The second-order valence-corrected chi connectivity index (χ2v) is 5.49. The van der Waals surface area contributed by atoms with Gasteiger partial charge in [0.1, 0.15) is 0 Å². The molecule has 1 aliphatic heterocycles. The fourth-order valence-electron chi connectivity index (χ4n) is 2.60. The number of fused-ring (bicyclic) bond motifs is 1. The molecule has 1 amide bonds. The topological polar surface area (TPSA) is 20.3 Å². The number of anilines is 1. The first-order valence-electron chi connectivity index (χ1n) is 5.60. The van der Waals surface area contributed by atoms with E-state index in [1.54, 1.807) is 6.92 Å². The van der Waals surface area contributed by atoms with Crippen molar-refractivity contribution in [3.63, 3.8) is 0 Å².